The lowest BCUT2D eigenvalue weighted by molar-refractivity contribution is -0.139. The van der Waals surface area contributed by atoms with E-state index in [4.69, 9.17) is 22.1 Å². The molecule has 0 amide bonds. The Morgan fingerprint density at radius 3 is 2.63 bits per heavy atom. The van der Waals surface area contributed by atoms with Crippen molar-refractivity contribution in [3.05, 3.63) is 70.7 Å². The van der Waals surface area contributed by atoms with Crippen LogP contribution in [0.3, 0.4) is 0 Å². The summed E-state index contributed by atoms with van der Waals surface area (Å²) in [5.74, 6) is -0.352. The first-order valence-corrected chi connectivity index (χ1v) is 8.88. The number of carboxylic acid groups (broad SMARTS) is 1. The van der Waals surface area contributed by atoms with E-state index in [9.17, 15) is 9.90 Å². The smallest absolute Gasteiger partial charge is 0.312 e. The van der Waals surface area contributed by atoms with Crippen molar-refractivity contribution in [2.45, 2.75) is 24.8 Å². The molecule has 0 aromatic heterocycles. The summed E-state index contributed by atoms with van der Waals surface area (Å²) in [7, 11) is 0. The van der Waals surface area contributed by atoms with Crippen LogP contribution in [-0.2, 0) is 11.2 Å². The average molecular weight is 404 g/mol. The van der Waals surface area contributed by atoms with Gasteiger partial charge in [0.2, 0.25) is 0 Å². The van der Waals surface area contributed by atoms with Gasteiger partial charge in [0.1, 0.15) is 11.5 Å². The molecule has 0 aliphatic heterocycles. The van der Waals surface area contributed by atoms with Crippen molar-refractivity contribution >= 4 is 40.7 Å². The molecular weight excluding hydrogens is 385 g/mol. The Bertz CT molecular complexity index is 1010. The van der Waals surface area contributed by atoms with Crippen LogP contribution in [0.4, 0.5) is 0 Å². The quantitative estimate of drug-likeness (QED) is 0.633. The molecular formula is C21H19Cl2NO3. The number of ether oxygens (including phenoxy) is 1. The lowest BCUT2D eigenvalue weighted by Crippen LogP contribution is -2.37. The van der Waals surface area contributed by atoms with Gasteiger partial charge in [0.05, 0.1) is 5.92 Å². The predicted octanol–water partition coefficient (Wildman–Crippen LogP) is 5.15. The Kier molecular flexibility index (Phi) is 5.61. The molecule has 0 fully saturated rings. The molecule has 0 spiro atoms. The van der Waals surface area contributed by atoms with E-state index >= 15 is 0 Å². The van der Waals surface area contributed by atoms with E-state index in [1.807, 2.05) is 48.5 Å². The molecule has 3 aromatic carbocycles. The second-order valence-corrected chi connectivity index (χ2v) is 7.01. The van der Waals surface area contributed by atoms with Crippen LogP contribution in [0.1, 0.15) is 23.5 Å². The number of fused-ring (bicyclic) bond motifs is 2. The number of carbonyl (C=O) groups is 1. The summed E-state index contributed by atoms with van der Waals surface area (Å²) < 4.78 is 5.98. The number of aryl methyl sites for hydroxylation is 1. The molecule has 27 heavy (non-hydrogen) atoms. The zero-order valence-corrected chi connectivity index (χ0v) is 16.0. The molecule has 0 heterocycles. The number of hydrogen-bond acceptors (Lipinski definition) is 3. The van der Waals surface area contributed by atoms with Gasteiger partial charge in [-0.25, -0.2) is 0 Å². The zero-order valence-electron chi connectivity index (χ0n) is 14.4. The minimum atomic E-state index is -0.895. The topological polar surface area (TPSA) is 72.5 Å². The number of benzene rings is 3. The van der Waals surface area contributed by atoms with E-state index in [-0.39, 0.29) is 18.4 Å². The first-order valence-electron chi connectivity index (χ1n) is 8.50. The molecule has 0 bridgehead atoms. The summed E-state index contributed by atoms with van der Waals surface area (Å²) in [6.45, 7) is 0. The van der Waals surface area contributed by atoms with Gasteiger partial charge in [-0.05, 0) is 59.7 Å². The lowest BCUT2D eigenvalue weighted by Gasteiger charge is -2.28. The van der Waals surface area contributed by atoms with Crippen molar-refractivity contribution in [2.75, 3.05) is 0 Å². The second-order valence-electron chi connectivity index (χ2n) is 6.60. The number of nitrogens with two attached hydrogens (primary N) is 1. The maximum absolute atomic E-state index is 11.6. The fourth-order valence-electron chi connectivity index (χ4n) is 3.60. The van der Waals surface area contributed by atoms with E-state index in [0.29, 0.717) is 22.9 Å². The van der Waals surface area contributed by atoms with Gasteiger partial charge in [-0.3, -0.25) is 4.79 Å². The van der Waals surface area contributed by atoms with Crippen molar-refractivity contribution in [1.29, 1.82) is 0 Å². The van der Waals surface area contributed by atoms with Crippen molar-refractivity contribution in [2.24, 2.45) is 5.73 Å². The van der Waals surface area contributed by atoms with Gasteiger partial charge in [0.15, 0.2) is 0 Å². The number of carboxylic acids is 1. The van der Waals surface area contributed by atoms with Crippen LogP contribution in [0.15, 0.2) is 54.6 Å². The van der Waals surface area contributed by atoms with Crippen molar-refractivity contribution in [3.8, 4) is 11.5 Å². The third-order valence-electron chi connectivity index (χ3n) is 4.93. The Hall–Kier alpha value is -2.27. The summed E-state index contributed by atoms with van der Waals surface area (Å²) in [6.07, 6.45) is 1.46. The maximum atomic E-state index is 11.6. The summed E-state index contributed by atoms with van der Waals surface area (Å²) in [5.41, 5.74) is 7.80. The molecule has 0 radical (unpaired) electrons. The number of halogens is 2. The molecule has 1 aliphatic carbocycles. The van der Waals surface area contributed by atoms with Gasteiger partial charge in [0, 0.05) is 16.5 Å². The molecule has 0 saturated carbocycles. The molecule has 3 aromatic rings. The number of aliphatic carboxylic acids is 1. The molecule has 3 N–H and O–H groups in total. The largest absolute Gasteiger partial charge is 0.481 e. The monoisotopic (exact) mass is 403 g/mol. The summed E-state index contributed by atoms with van der Waals surface area (Å²) in [5, 5.41) is 12.2. The van der Waals surface area contributed by atoms with Gasteiger partial charge in [-0.15, -0.1) is 12.4 Å². The van der Waals surface area contributed by atoms with Gasteiger partial charge in [-0.2, -0.15) is 0 Å². The SMILES string of the molecule is Cl.NC1CCc2ccc(Oc3ccc4cccc(Cl)c4c3)cc2C1C(=O)O. The minimum Gasteiger partial charge on any atom is -0.481 e. The summed E-state index contributed by atoms with van der Waals surface area (Å²) >= 11 is 6.26. The average Bonchev–Trinajstić information content (AvgIpc) is 2.62. The van der Waals surface area contributed by atoms with Crippen LogP contribution in [-0.4, -0.2) is 17.1 Å². The Morgan fingerprint density at radius 1 is 1.11 bits per heavy atom. The van der Waals surface area contributed by atoms with Crippen LogP contribution in [0.2, 0.25) is 5.02 Å². The Balaban J connectivity index is 0.00000210. The van der Waals surface area contributed by atoms with E-state index in [1.54, 1.807) is 6.07 Å². The number of hydrogen-bond donors (Lipinski definition) is 2. The van der Waals surface area contributed by atoms with Gasteiger partial charge < -0.3 is 15.6 Å². The van der Waals surface area contributed by atoms with Crippen LogP contribution in [0, 0.1) is 0 Å². The molecule has 140 valence electrons. The lowest BCUT2D eigenvalue weighted by atomic mass is 9.79. The summed E-state index contributed by atoms with van der Waals surface area (Å²) in [4.78, 5) is 11.6. The van der Waals surface area contributed by atoms with E-state index in [2.05, 4.69) is 0 Å². The highest BCUT2D eigenvalue weighted by molar-refractivity contribution is 6.35. The molecule has 1 aliphatic rings. The first-order chi connectivity index (χ1) is 12.5. The van der Waals surface area contributed by atoms with Crippen molar-refractivity contribution in [1.82, 2.24) is 0 Å². The van der Waals surface area contributed by atoms with Gasteiger partial charge in [-0.1, -0.05) is 35.9 Å². The molecule has 2 unspecified atom stereocenters. The zero-order chi connectivity index (χ0) is 18.3. The third-order valence-corrected chi connectivity index (χ3v) is 5.26. The van der Waals surface area contributed by atoms with Crippen LogP contribution in [0.25, 0.3) is 10.8 Å². The third kappa shape index (κ3) is 3.74. The van der Waals surface area contributed by atoms with Gasteiger partial charge >= 0.3 is 5.97 Å². The Morgan fingerprint density at radius 2 is 1.85 bits per heavy atom. The van der Waals surface area contributed by atoms with Crippen LogP contribution in [0.5, 0.6) is 11.5 Å². The highest BCUT2D eigenvalue weighted by Crippen LogP contribution is 2.36. The molecule has 0 saturated heterocycles. The van der Waals surface area contributed by atoms with E-state index in [0.717, 1.165) is 28.3 Å². The van der Waals surface area contributed by atoms with Crippen molar-refractivity contribution in [3.63, 3.8) is 0 Å². The van der Waals surface area contributed by atoms with E-state index in [1.165, 1.54) is 0 Å². The Labute approximate surface area is 168 Å². The molecule has 6 heteroatoms. The molecule has 4 rings (SSSR count). The second kappa shape index (κ2) is 7.77. The first kappa shape index (κ1) is 19.5. The standard InChI is InChI=1S/C21H18ClNO3.ClH/c22-18-3-1-2-12-4-7-14(10-16(12)18)26-15-8-5-13-6-9-19(23)20(21(24)25)17(13)11-15;/h1-5,7-8,10-11,19-20H,6,9,23H2,(H,24,25);1H. The maximum Gasteiger partial charge on any atom is 0.312 e. The highest BCUT2D eigenvalue weighted by Gasteiger charge is 2.33. The predicted molar refractivity (Wildman–Crippen MR) is 109 cm³/mol. The van der Waals surface area contributed by atoms with Crippen LogP contribution < -0.4 is 10.5 Å². The molecule has 4 nitrogen and oxygen atoms in total. The van der Waals surface area contributed by atoms with Gasteiger partial charge in [0.25, 0.3) is 0 Å². The minimum absolute atomic E-state index is 0. The van der Waals surface area contributed by atoms with E-state index < -0.39 is 11.9 Å². The van der Waals surface area contributed by atoms with Crippen LogP contribution >= 0.6 is 24.0 Å². The van der Waals surface area contributed by atoms with Crippen molar-refractivity contribution < 1.29 is 14.6 Å². The highest BCUT2D eigenvalue weighted by atomic mass is 35.5. The summed E-state index contributed by atoms with van der Waals surface area (Å²) in [6, 6.07) is 16.7. The normalized spacial score (nSPS) is 18.4. The fourth-order valence-corrected chi connectivity index (χ4v) is 3.84. The molecule has 2 atom stereocenters. The number of rotatable bonds is 3. The fraction of sp³-hybridized carbons (Fsp3) is 0.190.